The Morgan fingerprint density at radius 2 is 1.76 bits per heavy atom. The summed E-state index contributed by atoms with van der Waals surface area (Å²) in [5.74, 6) is -3.19. The predicted molar refractivity (Wildman–Crippen MR) is 136 cm³/mol. The molecular weight excluding hydrogens is 478 g/mol. The van der Waals surface area contributed by atoms with Crippen molar-refractivity contribution in [3.05, 3.63) is 54.2 Å². The number of rotatable bonds is 13. The molecule has 3 aromatic rings. The van der Waals surface area contributed by atoms with Gasteiger partial charge in [0.15, 0.2) is 0 Å². The molecule has 12 nitrogen and oxygen atoms in total. The Hall–Kier alpha value is -4.19. The Balaban J connectivity index is 1.80. The third kappa shape index (κ3) is 7.17. The first-order chi connectivity index (χ1) is 17.7. The lowest BCUT2D eigenvalue weighted by Gasteiger charge is -2.27. The molecule has 0 bridgehead atoms. The van der Waals surface area contributed by atoms with Crippen molar-refractivity contribution in [2.75, 3.05) is 6.54 Å². The van der Waals surface area contributed by atoms with E-state index in [-0.39, 0.29) is 25.3 Å². The van der Waals surface area contributed by atoms with E-state index in [0.29, 0.717) is 12.1 Å². The molecule has 12 heteroatoms. The second-order valence-electron chi connectivity index (χ2n) is 8.94. The zero-order chi connectivity index (χ0) is 26.9. The van der Waals surface area contributed by atoms with E-state index in [1.165, 1.54) is 12.5 Å². The molecule has 0 saturated heterocycles. The van der Waals surface area contributed by atoms with Crippen molar-refractivity contribution in [3.63, 3.8) is 0 Å². The summed E-state index contributed by atoms with van der Waals surface area (Å²) < 4.78 is 0. The van der Waals surface area contributed by atoms with Crippen LogP contribution in [0.15, 0.2) is 43.0 Å². The lowest BCUT2D eigenvalue weighted by Crippen LogP contribution is -2.58. The van der Waals surface area contributed by atoms with E-state index >= 15 is 0 Å². The molecule has 0 aliphatic rings. The zero-order valence-corrected chi connectivity index (χ0v) is 20.8. The third-order valence-corrected chi connectivity index (χ3v) is 6.32. The molecule has 1 aromatic carbocycles. The number of carboxylic acids is 1. The van der Waals surface area contributed by atoms with Crippen molar-refractivity contribution in [1.29, 1.82) is 0 Å². The number of nitrogens with zero attached hydrogens (tertiary/aromatic N) is 1. The van der Waals surface area contributed by atoms with Crippen LogP contribution < -0.4 is 21.7 Å². The molecule has 0 aliphatic carbocycles. The minimum atomic E-state index is -1.24. The van der Waals surface area contributed by atoms with Gasteiger partial charge >= 0.3 is 5.97 Å². The SMILES string of the molecule is CCC(C)C(NC(=O)CN)C(=O)NC(Cc1cnc[nH]1)C(=O)NC(Cc1c[nH]c2ccccc12)C(=O)O. The number of hydrogen-bond acceptors (Lipinski definition) is 6. The predicted octanol–water partition coefficient (Wildman–Crippen LogP) is 0.220. The monoisotopic (exact) mass is 511 g/mol. The number of aromatic amines is 2. The maximum atomic E-state index is 13.3. The van der Waals surface area contributed by atoms with E-state index in [4.69, 9.17) is 5.73 Å². The zero-order valence-electron chi connectivity index (χ0n) is 20.8. The number of amides is 3. The number of aromatic nitrogens is 3. The van der Waals surface area contributed by atoms with E-state index in [1.807, 2.05) is 31.2 Å². The summed E-state index contributed by atoms with van der Waals surface area (Å²) >= 11 is 0. The van der Waals surface area contributed by atoms with Gasteiger partial charge in [-0.2, -0.15) is 0 Å². The number of fused-ring (bicyclic) bond motifs is 1. The molecule has 0 fully saturated rings. The molecule has 0 spiro atoms. The Morgan fingerprint density at radius 3 is 2.41 bits per heavy atom. The van der Waals surface area contributed by atoms with E-state index in [0.717, 1.165) is 16.5 Å². The molecule has 37 heavy (non-hydrogen) atoms. The average molecular weight is 512 g/mol. The van der Waals surface area contributed by atoms with Gasteiger partial charge in [0.05, 0.1) is 12.9 Å². The Bertz CT molecular complexity index is 1220. The summed E-state index contributed by atoms with van der Waals surface area (Å²) in [5, 5.41) is 18.5. The highest BCUT2D eigenvalue weighted by molar-refractivity contribution is 5.94. The molecule has 4 atom stereocenters. The number of carbonyl (C=O) groups excluding carboxylic acids is 3. The lowest BCUT2D eigenvalue weighted by atomic mass is 9.97. The summed E-state index contributed by atoms with van der Waals surface area (Å²) in [6.45, 7) is 3.38. The highest BCUT2D eigenvalue weighted by atomic mass is 16.4. The molecule has 0 radical (unpaired) electrons. The number of para-hydroxylation sites is 1. The van der Waals surface area contributed by atoms with Crippen molar-refractivity contribution in [1.82, 2.24) is 30.9 Å². The van der Waals surface area contributed by atoms with Crippen molar-refractivity contribution in [2.24, 2.45) is 11.7 Å². The molecule has 8 N–H and O–H groups in total. The summed E-state index contributed by atoms with van der Waals surface area (Å²) in [5.41, 5.74) is 7.55. The Kier molecular flexibility index (Phi) is 9.39. The number of hydrogen-bond donors (Lipinski definition) is 7. The largest absolute Gasteiger partial charge is 0.480 e. The number of carbonyl (C=O) groups is 4. The van der Waals surface area contributed by atoms with Gasteiger partial charge in [0, 0.05) is 41.8 Å². The normalized spacial score (nSPS) is 14.4. The molecule has 2 heterocycles. The Morgan fingerprint density at radius 1 is 1.03 bits per heavy atom. The van der Waals surface area contributed by atoms with Crippen LogP contribution in [0.1, 0.15) is 31.5 Å². The van der Waals surface area contributed by atoms with Crippen molar-refractivity contribution < 1.29 is 24.3 Å². The third-order valence-electron chi connectivity index (χ3n) is 6.32. The first-order valence-corrected chi connectivity index (χ1v) is 12.1. The van der Waals surface area contributed by atoms with Crippen LogP contribution in [0, 0.1) is 5.92 Å². The number of aliphatic carboxylic acids is 1. The van der Waals surface area contributed by atoms with Crippen molar-refractivity contribution in [2.45, 2.75) is 51.2 Å². The van der Waals surface area contributed by atoms with Crippen molar-refractivity contribution in [3.8, 4) is 0 Å². The van der Waals surface area contributed by atoms with Gasteiger partial charge in [0.2, 0.25) is 17.7 Å². The molecule has 0 aliphatic heterocycles. The Labute approximate surface area is 213 Å². The molecule has 4 unspecified atom stereocenters. The first-order valence-electron chi connectivity index (χ1n) is 12.1. The summed E-state index contributed by atoms with van der Waals surface area (Å²) in [4.78, 5) is 60.4. The fourth-order valence-corrected chi connectivity index (χ4v) is 4.01. The topological polar surface area (TPSA) is 195 Å². The number of nitrogens with one attached hydrogen (secondary N) is 5. The van der Waals surface area contributed by atoms with Crippen LogP contribution in [-0.4, -0.2) is 68.4 Å². The van der Waals surface area contributed by atoms with E-state index in [9.17, 15) is 24.3 Å². The maximum Gasteiger partial charge on any atom is 0.326 e. The van der Waals surface area contributed by atoms with Gasteiger partial charge in [-0.1, -0.05) is 38.5 Å². The van der Waals surface area contributed by atoms with Gasteiger partial charge in [0.25, 0.3) is 0 Å². The molecule has 3 amide bonds. The van der Waals surface area contributed by atoms with Crippen LogP contribution in [0.2, 0.25) is 0 Å². The molecular formula is C25H33N7O5. The number of nitrogens with two attached hydrogens (primary N) is 1. The van der Waals surface area contributed by atoms with Crippen LogP contribution >= 0.6 is 0 Å². The number of H-pyrrole nitrogens is 2. The van der Waals surface area contributed by atoms with Crippen LogP contribution in [0.3, 0.4) is 0 Å². The van der Waals surface area contributed by atoms with Gasteiger partial charge in [-0.3, -0.25) is 14.4 Å². The number of imidazole rings is 1. The number of benzene rings is 1. The van der Waals surface area contributed by atoms with Crippen LogP contribution in [-0.2, 0) is 32.0 Å². The number of carboxylic acid groups (broad SMARTS) is 1. The average Bonchev–Trinajstić information content (AvgIpc) is 3.55. The highest BCUT2D eigenvalue weighted by Gasteiger charge is 2.32. The van der Waals surface area contributed by atoms with Gasteiger partial charge in [-0.25, -0.2) is 9.78 Å². The molecule has 2 aromatic heterocycles. The smallest absolute Gasteiger partial charge is 0.326 e. The van der Waals surface area contributed by atoms with E-state index < -0.39 is 41.8 Å². The fraction of sp³-hybridized carbons (Fsp3) is 0.400. The maximum absolute atomic E-state index is 13.3. The van der Waals surface area contributed by atoms with E-state index in [2.05, 4.69) is 30.9 Å². The highest BCUT2D eigenvalue weighted by Crippen LogP contribution is 2.19. The van der Waals surface area contributed by atoms with Crippen LogP contribution in [0.4, 0.5) is 0 Å². The van der Waals surface area contributed by atoms with E-state index in [1.54, 1.807) is 13.1 Å². The molecule has 0 saturated carbocycles. The summed E-state index contributed by atoms with van der Waals surface area (Å²) in [7, 11) is 0. The fourth-order valence-electron chi connectivity index (χ4n) is 4.01. The van der Waals surface area contributed by atoms with Gasteiger partial charge in [0.1, 0.15) is 18.1 Å². The van der Waals surface area contributed by atoms with Crippen molar-refractivity contribution >= 4 is 34.6 Å². The standard InChI is InChI=1S/C25H33N7O5/c1-3-14(2)22(32-21(33)10-26)24(35)30-19(9-16-12-27-13-29-16)23(34)31-20(25(36)37)8-15-11-28-18-7-5-4-6-17(15)18/h4-7,11-14,19-20,22,28H,3,8-10,26H2,1-2H3,(H,27,29)(H,30,35)(H,31,34)(H,32,33)(H,36,37). The minimum Gasteiger partial charge on any atom is -0.480 e. The van der Waals surface area contributed by atoms with Crippen LogP contribution in [0.25, 0.3) is 10.9 Å². The van der Waals surface area contributed by atoms with Gasteiger partial charge in [-0.05, 0) is 17.5 Å². The molecule has 3 rings (SSSR count). The lowest BCUT2D eigenvalue weighted by molar-refractivity contribution is -0.142. The first kappa shape index (κ1) is 27.4. The van der Waals surface area contributed by atoms with Crippen LogP contribution in [0.5, 0.6) is 0 Å². The second-order valence-corrected chi connectivity index (χ2v) is 8.94. The summed E-state index contributed by atoms with van der Waals surface area (Å²) in [6, 6.07) is 4.17. The molecule has 198 valence electrons. The quantitative estimate of drug-likeness (QED) is 0.170. The second kappa shape index (κ2) is 12.7. The minimum absolute atomic E-state index is 0.0368. The van der Waals surface area contributed by atoms with Gasteiger partial charge in [-0.15, -0.1) is 0 Å². The van der Waals surface area contributed by atoms with Gasteiger partial charge < -0.3 is 36.8 Å². The summed E-state index contributed by atoms with van der Waals surface area (Å²) in [6.07, 6.45) is 5.33.